The average molecular weight is 469 g/mol. The normalized spacial score (nSPS) is 13.5. The van der Waals surface area contributed by atoms with Gasteiger partial charge in [0.25, 0.3) is 0 Å². The van der Waals surface area contributed by atoms with Gasteiger partial charge in [-0.3, -0.25) is 4.79 Å². The summed E-state index contributed by atoms with van der Waals surface area (Å²) in [4.78, 5) is 14.6. The molecule has 178 valence electrons. The van der Waals surface area contributed by atoms with Crippen LogP contribution in [-0.4, -0.2) is 40.9 Å². The standard InChI is InChI=1S/C29H28N2O4/c1-30(17-16-25(32)20-8-4-3-5-9-20)28(33)15-13-23-22-10-6-7-11-24(22)31(2)29(23)21-12-14-26-27(18-21)35-19-34-26/h3-15,18,25,32H,16-17,19H2,1-2H3. The van der Waals surface area contributed by atoms with Gasteiger partial charge in [-0.1, -0.05) is 48.5 Å². The first-order chi connectivity index (χ1) is 17.0. The Morgan fingerprint density at radius 1 is 1.06 bits per heavy atom. The van der Waals surface area contributed by atoms with E-state index in [-0.39, 0.29) is 12.7 Å². The Balaban J connectivity index is 1.40. The highest BCUT2D eigenvalue weighted by Crippen LogP contribution is 2.39. The van der Waals surface area contributed by atoms with Crippen molar-refractivity contribution in [3.63, 3.8) is 0 Å². The molecule has 1 amide bonds. The average Bonchev–Trinajstić information content (AvgIpc) is 3.48. The van der Waals surface area contributed by atoms with Gasteiger partial charge in [0.2, 0.25) is 12.7 Å². The number of nitrogens with zero attached hydrogens (tertiary/aromatic N) is 2. The van der Waals surface area contributed by atoms with Crippen LogP contribution in [0.3, 0.4) is 0 Å². The molecule has 0 fully saturated rings. The van der Waals surface area contributed by atoms with E-state index in [9.17, 15) is 9.90 Å². The minimum absolute atomic E-state index is 0.116. The molecule has 0 bridgehead atoms. The number of ether oxygens (including phenoxy) is 2. The van der Waals surface area contributed by atoms with E-state index in [4.69, 9.17) is 9.47 Å². The van der Waals surface area contributed by atoms with Crippen molar-refractivity contribution in [3.05, 3.63) is 90.0 Å². The van der Waals surface area contributed by atoms with Gasteiger partial charge in [-0.2, -0.15) is 0 Å². The molecular weight excluding hydrogens is 440 g/mol. The Labute approximate surface area is 204 Å². The van der Waals surface area contributed by atoms with E-state index in [1.54, 1.807) is 18.0 Å². The molecule has 4 aromatic rings. The van der Waals surface area contributed by atoms with Crippen LogP contribution in [0.25, 0.3) is 28.2 Å². The third-order valence-corrected chi connectivity index (χ3v) is 6.48. The van der Waals surface area contributed by atoms with E-state index in [2.05, 4.69) is 16.7 Å². The predicted molar refractivity (Wildman–Crippen MR) is 137 cm³/mol. The molecule has 0 aliphatic carbocycles. The molecule has 35 heavy (non-hydrogen) atoms. The van der Waals surface area contributed by atoms with Gasteiger partial charge in [-0.15, -0.1) is 0 Å². The molecule has 6 heteroatoms. The summed E-state index contributed by atoms with van der Waals surface area (Å²) >= 11 is 0. The lowest BCUT2D eigenvalue weighted by Gasteiger charge is -2.18. The fourth-order valence-corrected chi connectivity index (χ4v) is 4.53. The van der Waals surface area contributed by atoms with Crippen molar-refractivity contribution in [1.29, 1.82) is 0 Å². The summed E-state index contributed by atoms with van der Waals surface area (Å²) in [6.45, 7) is 0.671. The minimum Gasteiger partial charge on any atom is -0.454 e. The first-order valence-electron chi connectivity index (χ1n) is 11.7. The molecule has 2 heterocycles. The van der Waals surface area contributed by atoms with E-state index in [1.165, 1.54) is 0 Å². The molecule has 1 atom stereocenters. The maximum Gasteiger partial charge on any atom is 0.246 e. The summed E-state index contributed by atoms with van der Waals surface area (Å²) in [5, 5.41) is 11.5. The van der Waals surface area contributed by atoms with E-state index >= 15 is 0 Å². The van der Waals surface area contributed by atoms with Crippen LogP contribution < -0.4 is 9.47 Å². The summed E-state index contributed by atoms with van der Waals surface area (Å²) in [6, 6.07) is 23.6. The minimum atomic E-state index is -0.605. The van der Waals surface area contributed by atoms with Crippen LogP contribution in [0.5, 0.6) is 11.5 Å². The molecule has 0 saturated carbocycles. The van der Waals surface area contributed by atoms with Crippen LogP contribution in [0.15, 0.2) is 78.9 Å². The van der Waals surface area contributed by atoms with Crippen molar-refractivity contribution in [3.8, 4) is 22.8 Å². The summed E-state index contributed by atoms with van der Waals surface area (Å²) in [5.74, 6) is 1.34. The molecule has 1 aliphatic heterocycles. The fraction of sp³-hybridized carbons (Fsp3) is 0.207. The molecule has 5 rings (SSSR count). The molecule has 1 aromatic heterocycles. The number of likely N-dealkylation sites (N-methyl/N-ethyl adjacent to an activating group) is 1. The molecule has 3 aromatic carbocycles. The second kappa shape index (κ2) is 9.68. The lowest BCUT2D eigenvalue weighted by Crippen LogP contribution is -2.27. The molecule has 0 spiro atoms. The molecule has 1 aliphatic rings. The van der Waals surface area contributed by atoms with Crippen molar-refractivity contribution in [2.75, 3.05) is 20.4 Å². The number of hydrogen-bond donors (Lipinski definition) is 1. The zero-order valence-electron chi connectivity index (χ0n) is 19.8. The zero-order valence-corrected chi connectivity index (χ0v) is 19.8. The van der Waals surface area contributed by atoms with Gasteiger partial charge in [0.15, 0.2) is 11.5 Å². The van der Waals surface area contributed by atoms with Crippen molar-refractivity contribution in [2.45, 2.75) is 12.5 Å². The SMILES string of the molecule is CN(CCC(O)c1ccccc1)C(=O)C=Cc1c(-c2ccc3c(c2)OCO3)n(C)c2ccccc12. The maximum absolute atomic E-state index is 12.9. The third-order valence-electron chi connectivity index (χ3n) is 6.48. The molecule has 0 saturated heterocycles. The van der Waals surface area contributed by atoms with Crippen LogP contribution >= 0.6 is 0 Å². The van der Waals surface area contributed by atoms with Gasteiger partial charge in [0, 0.05) is 48.7 Å². The van der Waals surface area contributed by atoms with Crippen molar-refractivity contribution in [1.82, 2.24) is 9.47 Å². The Morgan fingerprint density at radius 2 is 1.80 bits per heavy atom. The number of carbonyl (C=O) groups excluding carboxylic acids is 1. The van der Waals surface area contributed by atoms with Crippen LogP contribution in [0.1, 0.15) is 23.7 Å². The number of hydrogen-bond acceptors (Lipinski definition) is 4. The molecule has 6 nitrogen and oxygen atoms in total. The number of fused-ring (bicyclic) bond motifs is 2. The van der Waals surface area contributed by atoms with Crippen LogP contribution in [-0.2, 0) is 11.8 Å². The number of para-hydroxylation sites is 1. The Morgan fingerprint density at radius 3 is 2.63 bits per heavy atom. The molecule has 0 radical (unpaired) electrons. The van der Waals surface area contributed by atoms with Gasteiger partial charge in [0.1, 0.15) is 0 Å². The lowest BCUT2D eigenvalue weighted by atomic mass is 10.0. The summed E-state index contributed by atoms with van der Waals surface area (Å²) in [6.07, 6.45) is 3.35. The number of carbonyl (C=O) groups is 1. The topological polar surface area (TPSA) is 63.9 Å². The van der Waals surface area contributed by atoms with Crippen molar-refractivity contribution in [2.24, 2.45) is 7.05 Å². The molecule has 1 unspecified atom stereocenters. The number of aliphatic hydroxyl groups is 1. The quantitative estimate of drug-likeness (QED) is 0.380. The zero-order chi connectivity index (χ0) is 24.4. The maximum atomic E-state index is 12.9. The van der Waals surface area contributed by atoms with Gasteiger partial charge in [-0.25, -0.2) is 0 Å². The third kappa shape index (κ3) is 4.53. The highest BCUT2D eigenvalue weighted by atomic mass is 16.7. The van der Waals surface area contributed by atoms with E-state index < -0.39 is 6.10 Å². The predicted octanol–water partition coefficient (Wildman–Crippen LogP) is 5.17. The van der Waals surface area contributed by atoms with Gasteiger partial charge < -0.3 is 24.0 Å². The fourth-order valence-electron chi connectivity index (χ4n) is 4.53. The molecular formula is C29H28N2O4. The number of benzene rings is 3. The highest BCUT2D eigenvalue weighted by Gasteiger charge is 2.19. The van der Waals surface area contributed by atoms with E-state index in [0.717, 1.165) is 44.8 Å². The van der Waals surface area contributed by atoms with Crippen LogP contribution in [0, 0.1) is 0 Å². The molecule has 1 N–H and O–H groups in total. The van der Waals surface area contributed by atoms with Crippen molar-refractivity contribution < 1.29 is 19.4 Å². The number of aromatic nitrogens is 1. The van der Waals surface area contributed by atoms with Crippen molar-refractivity contribution >= 4 is 22.9 Å². The first-order valence-corrected chi connectivity index (χ1v) is 11.7. The van der Waals surface area contributed by atoms with Gasteiger partial charge in [0.05, 0.1) is 11.8 Å². The number of amides is 1. The summed E-state index contributed by atoms with van der Waals surface area (Å²) in [5.41, 5.74) is 4.88. The second-order valence-electron chi connectivity index (χ2n) is 8.71. The largest absolute Gasteiger partial charge is 0.454 e. The van der Waals surface area contributed by atoms with Gasteiger partial charge >= 0.3 is 0 Å². The number of aryl methyl sites for hydroxylation is 1. The van der Waals surface area contributed by atoms with E-state index in [0.29, 0.717) is 13.0 Å². The van der Waals surface area contributed by atoms with Crippen LogP contribution in [0.2, 0.25) is 0 Å². The highest BCUT2D eigenvalue weighted by molar-refractivity contribution is 6.01. The lowest BCUT2D eigenvalue weighted by molar-refractivity contribution is -0.125. The summed E-state index contributed by atoms with van der Waals surface area (Å²) < 4.78 is 13.2. The Bertz CT molecular complexity index is 1390. The smallest absolute Gasteiger partial charge is 0.246 e. The summed E-state index contributed by atoms with van der Waals surface area (Å²) in [7, 11) is 3.78. The first kappa shape index (κ1) is 22.7. The number of aliphatic hydroxyl groups excluding tert-OH is 1. The monoisotopic (exact) mass is 468 g/mol. The van der Waals surface area contributed by atoms with Crippen LogP contribution in [0.4, 0.5) is 0 Å². The Hall–Kier alpha value is -4.03. The second-order valence-corrected chi connectivity index (χ2v) is 8.71. The van der Waals surface area contributed by atoms with E-state index in [1.807, 2.05) is 73.8 Å². The van der Waals surface area contributed by atoms with Gasteiger partial charge in [-0.05, 0) is 42.3 Å². The number of rotatable bonds is 7. The Kier molecular flexibility index (Phi) is 6.29.